The van der Waals surface area contributed by atoms with Gasteiger partial charge in [0.2, 0.25) is 5.95 Å². The highest BCUT2D eigenvalue weighted by atomic mass is 16.1. The van der Waals surface area contributed by atoms with Gasteiger partial charge in [0.05, 0.1) is 0 Å². The van der Waals surface area contributed by atoms with Crippen LogP contribution in [-0.4, -0.2) is 30.0 Å². The first-order valence-electron chi connectivity index (χ1n) is 8.83. The van der Waals surface area contributed by atoms with E-state index in [4.69, 9.17) is 0 Å². The predicted octanol–water partition coefficient (Wildman–Crippen LogP) is 4.10. The molecule has 0 saturated heterocycles. The van der Waals surface area contributed by atoms with Crippen molar-refractivity contribution in [2.24, 2.45) is 0 Å². The number of hydrogen-bond acceptors (Lipinski definition) is 5. The maximum absolute atomic E-state index is 12.5. The fourth-order valence-electron chi connectivity index (χ4n) is 2.54. The highest BCUT2D eigenvalue weighted by molar-refractivity contribution is 6.03. The van der Waals surface area contributed by atoms with Gasteiger partial charge in [-0.3, -0.25) is 4.79 Å². The summed E-state index contributed by atoms with van der Waals surface area (Å²) in [5.41, 5.74) is 4.22. The van der Waals surface area contributed by atoms with E-state index in [1.807, 2.05) is 55.4 Å². The molecule has 0 atom stereocenters. The number of hydrogen-bond donors (Lipinski definition) is 2. The van der Waals surface area contributed by atoms with Crippen LogP contribution in [0.25, 0.3) is 0 Å². The third-order valence-electron chi connectivity index (χ3n) is 4.15. The molecule has 1 amide bonds. The molecule has 0 fully saturated rings. The molecular formula is C21H23N5O. The van der Waals surface area contributed by atoms with Gasteiger partial charge in [0, 0.05) is 37.4 Å². The highest BCUT2D eigenvalue weighted by Gasteiger charge is 2.10. The van der Waals surface area contributed by atoms with Crippen molar-refractivity contribution in [2.45, 2.75) is 13.3 Å². The van der Waals surface area contributed by atoms with Crippen molar-refractivity contribution in [2.75, 3.05) is 29.6 Å². The van der Waals surface area contributed by atoms with Crippen LogP contribution in [0.4, 0.5) is 23.0 Å². The average molecular weight is 361 g/mol. The number of amides is 1. The van der Waals surface area contributed by atoms with Crippen molar-refractivity contribution < 1.29 is 4.79 Å². The van der Waals surface area contributed by atoms with Gasteiger partial charge in [-0.05, 0) is 54.4 Å². The molecule has 6 heteroatoms. The fraction of sp³-hybridized carbons (Fsp3) is 0.190. The van der Waals surface area contributed by atoms with Crippen LogP contribution >= 0.6 is 0 Å². The maximum atomic E-state index is 12.5. The van der Waals surface area contributed by atoms with Crippen LogP contribution in [0, 0.1) is 0 Å². The molecule has 0 aliphatic carbocycles. The van der Waals surface area contributed by atoms with E-state index in [1.54, 1.807) is 12.3 Å². The summed E-state index contributed by atoms with van der Waals surface area (Å²) in [6.07, 6.45) is 2.56. The summed E-state index contributed by atoms with van der Waals surface area (Å²) in [5.74, 6) is 0.106. The third-order valence-corrected chi connectivity index (χ3v) is 4.15. The quantitative estimate of drug-likeness (QED) is 0.692. The van der Waals surface area contributed by atoms with Crippen molar-refractivity contribution in [1.82, 2.24) is 9.97 Å². The van der Waals surface area contributed by atoms with Crippen LogP contribution in [0.15, 0.2) is 60.8 Å². The van der Waals surface area contributed by atoms with Crippen LogP contribution in [0.2, 0.25) is 0 Å². The summed E-state index contributed by atoms with van der Waals surface area (Å²) in [4.78, 5) is 23.0. The van der Waals surface area contributed by atoms with E-state index in [1.165, 1.54) is 5.56 Å². The molecule has 2 N–H and O–H groups in total. The third kappa shape index (κ3) is 4.82. The van der Waals surface area contributed by atoms with E-state index >= 15 is 0 Å². The Morgan fingerprint density at radius 3 is 2.26 bits per heavy atom. The van der Waals surface area contributed by atoms with Gasteiger partial charge in [-0.2, -0.15) is 0 Å². The minimum absolute atomic E-state index is 0.278. The Kier molecular flexibility index (Phi) is 5.66. The molecule has 0 saturated carbocycles. The minimum atomic E-state index is -0.278. The van der Waals surface area contributed by atoms with E-state index in [2.05, 4.69) is 39.7 Å². The largest absolute Gasteiger partial charge is 0.378 e. The van der Waals surface area contributed by atoms with Crippen LogP contribution in [0.5, 0.6) is 0 Å². The van der Waals surface area contributed by atoms with Crippen molar-refractivity contribution in [3.63, 3.8) is 0 Å². The summed E-state index contributed by atoms with van der Waals surface area (Å²) in [6, 6.07) is 17.3. The molecule has 1 aromatic heterocycles. The highest BCUT2D eigenvalue weighted by Crippen LogP contribution is 2.17. The predicted molar refractivity (Wildman–Crippen MR) is 110 cm³/mol. The molecule has 3 rings (SSSR count). The van der Waals surface area contributed by atoms with Gasteiger partial charge in [-0.25, -0.2) is 9.97 Å². The molecule has 0 radical (unpaired) electrons. The topological polar surface area (TPSA) is 70.2 Å². The molecule has 27 heavy (non-hydrogen) atoms. The molecule has 1 heterocycles. The van der Waals surface area contributed by atoms with E-state index in [9.17, 15) is 4.79 Å². The molecular weight excluding hydrogens is 338 g/mol. The lowest BCUT2D eigenvalue weighted by Crippen LogP contribution is -2.15. The normalized spacial score (nSPS) is 10.3. The number of nitrogens with zero attached hydrogens (tertiary/aromatic N) is 3. The zero-order valence-corrected chi connectivity index (χ0v) is 15.7. The van der Waals surface area contributed by atoms with Crippen LogP contribution in [0.3, 0.4) is 0 Å². The van der Waals surface area contributed by atoms with Gasteiger partial charge in [-0.1, -0.05) is 19.1 Å². The average Bonchev–Trinajstić information content (AvgIpc) is 2.69. The summed E-state index contributed by atoms with van der Waals surface area (Å²) in [6.45, 7) is 2.11. The van der Waals surface area contributed by atoms with Crippen molar-refractivity contribution in [3.05, 3.63) is 72.1 Å². The Labute approximate surface area is 159 Å². The zero-order chi connectivity index (χ0) is 19.2. The molecule has 0 aliphatic rings. The molecule has 0 unspecified atom stereocenters. The number of anilines is 4. The fourth-order valence-corrected chi connectivity index (χ4v) is 2.54. The summed E-state index contributed by atoms with van der Waals surface area (Å²) in [7, 11) is 3.94. The van der Waals surface area contributed by atoms with E-state index in [-0.39, 0.29) is 5.91 Å². The first-order valence-corrected chi connectivity index (χ1v) is 8.83. The monoisotopic (exact) mass is 361 g/mol. The number of carbonyl (C=O) groups is 1. The number of rotatable bonds is 6. The van der Waals surface area contributed by atoms with Crippen molar-refractivity contribution in [1.29, 1.82) is 0 Å². The zero-order valence-electron chi connectivity index (χ0n) is 15.7. The number of aromatic nitrogens is 2. The maximum Gasteiger partial charge on any atom is 0.274 e. The molecule has 138 valence electrons. The number of carbonyl (C=O) groups excluding carboxylic acids is 1. The van der Waals surface area contributed by atoms with Crippen LogP contribution in [-0.2, 0) is 6.42 Å². The standard InChI is InChI=1S/C21H23N5O/c1-4-15-5-7-17(8-6-15)24-21-22-14-13-19(25-21)20(27)23-16-9-11-18(12-10-16)26(2)3/h5-14H,4H2,1-3H3,(H,23,27)(H,22,24,25). The summed E-state index contributed by atoms with van der Waals surface area (Å²) >= 11 is 0. The van der Waals surface area contributed by atoms with Gasteiger partial charge in [0.15, 0.2) is 0 Å². The Hall–Kier alpha value is -3.41. The molecule has 0 aliphatic heterocycles. The lowest BCUT2D eigenvalue weighted by atomic mass is 10.1. The Bertz CT molecular complexity index is 905. The van der Waals surface area contributed by atoms with Gasteiger partial charge in [0.25, 0.3) is 5.91 Å². The molecule has 6 nitrogen and oxygen atoms in total. The molecule has 3 aromatic rings. The van der Waals surface area contributed by atoms with Gasteiger partial charge < -0.3 is 15.5 Å². The van der Waals surface area contributed by atoms with E-state index in [0.717, 1.165) is 17.8 Å². The lowest BCUT2D eigenvalue weighted by molar-refractivity contribution is 0.102. The first kappa shape index (κ1) is 18.4. The second-order valence-corrected chi connectivity index (χ2v) is 6.34. The smallest absolute Gasteiger partial charge is 0.274 e. The Morgan fingerprint density at radius 1 is 0.963 bits per heavy atom. The van der Waals surface area contributed by atoms with Crippen molar-refractivity contribution in [3.8, 4) is 0 Å². The van der Waals surface area contributed by atoms with Crippen LogP contribution < -0.4 is 15.5 Å². The molecule has 0 spiro atoms. The van der Waals surface area contributed by atoms with Gasteiger partial charge in [0.1, 0.15) is 5.69 Å². The summed E-state index contributed by atoms with van der Waals surface area (Å²) < 4.78 is 0. The summed E-state index contributed by atoms with van der Waals surface area (Å²) in [5, 5.41) is 5.98. The Balaban J connectivity index is 1.69. The molecule has 0 bridgehead atoms. The van der Waals surface area contributed by atoms with Gasteiger partial charge in [-0.15, -0.1) is 0 Å². The second kappa shape index (κ2) is 8.31. The van der Waals surface area contributed by atoms with Crippen molar-refractivity contribution >= 4 is 28.9 Å². The van der Waals surface area contributed by atoms with E-state index < -0.39 is 0 Å². The lowest BCUT2D eigenvalue weighted by Gasteiger charge is -2.13. The number of aryl methyl sites for hydroxylation is 1. The van der Waals surface area contributed by atoms with E-state index in [0.29, 0.717) is 17.3 Å². The van der Waals surface area contributed by atoms with Gasteiger partial charge >= 0.3 is 0 Å². The number of nitrogens with one attached hydrogen (secondary N) is 2. The number of benzene rings is 2. The molecule has 2 aromatic carbocycles. The Morgan fingerprint density at radius 2 is 1.63 bits per heavy atom. The van der Waals surface area contributed by atoms with Crippen LogP contribution in [0.1, 0.15) is 23.0 Å². The second-order valence-electron chi connectivity index (χ2n) is 6.34. The first-order chi connectivity index (χ1) is 13.0. The minimum Gasteiger partial charge on any atom is -0.378 e. The SMILES string of the molecule is CCc1ccc(Nc2nccc(C(=O)Nc3ccc(N(C)C)cc3)n2)cc1.